The van der Waals surface area contributed by atoms with E-state index in [-0.39, 0.29) is 0 Å². The maximum atomic E-state index is 10.3. The molecule has 0 N–H and O–H groups in total. The van der Waals surface area contributed by atoms with Gasteiger partial charge in [0, 0.05) is 38.6 Å². The molecule has 0 aliphatic rings. The van der Waals surface area contributed by atoms with E-state index < -0.39 is 0 Å². The van der Waals surface area contributed by atoms with Crippen LogP contribution in [0.25, 0.3) is 111 Å². The summed E-state index contributed by atoms with van der Waals surface area (Å²) in [5.74, 6) is 1.59. The van der Waals surface area contributed by atoms with E-state index in [1.165, 1.54) is 11.1 Å². The highest BCUT2D eigenvalue weighted by Gasteiger charge is 2.24. The normalized spacial score (nSPS) is 11.1. The minimum absolute atomic E-state index is 0.493. The molecule has 0 atom stereocenters. The lowest BCUT2D eigenvalue weighted by Gasteiger charge is -2.21. The monoisotopic (exact) mass is 856 g/mol. The van der Waals surface area contributed by atoms with Gasteiger partial charge in [-0.15, -0.1) is 0 Å². The molecule has 0 amide bonds. The molecule has 0 spiro atoms. The lowest BCUT2D eigenvalue weighted by molar-refractivity contribution is 1.07. The third-order valence-electron chi connectivity index (χ3n) is 12.3. The highest BCUT2D eigenvalue weighted by molar-refractivity contribution is 6.13. The molecule has 11 rings (SSSR count). The van der Waals surface area contributed by atoms with Crippen molar-refractivity contribution in [2.24, 2.45) is 0 Å². The van der Waals surface area contributed by atoms with Gasteiger partial charge in [0.1, 0.15) is 0 Å². The molecule has 0 fully saturated rings. The molecule has 2 aromatic heterocycles. The highest BCUT2D eigenvalue weighted by Crippen LogP contribution is 2.46. The first kappa shape index (κ1) is 40.5. The second-order valence-corrected chi connectivity index (χ2v) is 16.9. The second-order valence-electron chi connectivity index (χ2n) is 16.9. The van der Waals surface area contributed by atoms with Crippen molar-refractivity contribution in [2.75, 3.05) is 0 Å². The number of hydrogen-bond donors (Lipinski definition) is 0. The van der Waals surface area contributed by atoms with Crippen molar-refractivity contribution < 1.29 is 0 Å². The number of aromatic nitrogens is 4. The Labute approximate surface area is 389 Å². The maximum absolute atomic E-state index is 10.3. The zero-order valence-corrected chi connectivity index (χ0v) is 36.8. The number of rotatable bonds is 8. The summed E-state index contributed by atoms with van der Waals surface area (Å²) in [5.41, 5.74) is 16.8. The zero-order valence-electron chi connectivity index (χ0n) is 36.8. The fraction of sp³-hybridized carbons (Fsp3) is 0.0328. The van der Waals surface area contributed by atoms with E-state index in [0.717, 1.165) is 88.7 Å². The number of aryl methyl sites for hydroxylation is 2. The van der Waals surface area contributed by atoms with Gasteiger partial charge >= 0.3 is 0 Å². The Hall–Kier alpha value is -9.23. The van der Waals surface area contributed by atoms with E-state index in [0.29, 0.717) is 28.7 Å². The standard InChI is InChI=1S/C61H40N6/c1-39-14-10-21-44(30-39)46-26-28-56-54(34-46)55-35-47(45-22-11-15-40(2)31-45)27-29-57(55)67(56)58-52(48-23-12-16-41(32-48)38-62)36-50(37-53(58)49-24-13-25-51(33-49)63-3)61-65-59(42-17-6-4-7-18-42)64-60(66-61)43-19-8-5-9-20-43/h4-37H,1-2H3. The van der Waals surface area contributed by atoms with Crippen LogP contribution in [0.1, 0.15) is 16.7 Å². The number of fused-ring (bicyclic) bond motifs is 3. The average Bonchev–Trinajstić information content (AvgIpc) is 3.71. The first-order chi connectivity index (χ1) is 32.9. The summed E-state index contributed by atoms with van der Waals surface area (Å²) in [6.07, 6.45) is 0. The molecule has 2 heterocycles. The zero-order chi connectivity index (χ0) is 45.4. The second kappa shape index (κ2) is 17.0. The maximum Gasteiger partial charge on any atom is 0.187 e. The SMILES string of the molecule is [C-]#[N+]c1cccc(-c2cc(-c3nc(-c4ccccc4)nc(-c4ccccc4)n3)cc(-c3cccc(C#N)c3)c2-n2c3ccc(-c4cccc(C)c4)cc3c3cc(-c4cccc(C)c4)ccc32)c1. The molecule has 0 unspecified atom stereocenters. The van der Waals surface area contributed by atoms with E-state index in [9.17, 15) is 5.26 Å². The average molecular weight is 857 g/mol. The molecule has 67 heavy (non-hydrogen) atoms. The van der Waals surface area contributed by atoms with Crippen LogP contribution in [0, 0.1) is 31.8 Å². The lowest BCUT2D eigenvalue weighted by Crippen LogP contribution is -2.04. The Morgan fingerprint density at radius 2 is 0.866 bits per heavy atom. The van der Waals surface area contributed by atoms with Crippen LogP contribution in [0.2, 0.25) is 0 Å². The Morgan fingerprint density at radius 3 is 1.37 bits per heavy atom. The highest BCUT2D eigenvalue weighted by atomic mass is 15.0. The first-order valence-electron chi connectivity index (χ1n) is 22.2. The minimum Gasteiger partial charge on any atom is -0.308 e. The molecule has 0 radical (unpaired) electrons. The topological polar surface area (TPSA) is 71.8 Å². The van der Waals surface area contributed by atoms with Crippen LogP contribution >= 0.6 is 0 Å². The van der Waals surface area contributed by atoms with Gasteiger partial charge in [-0.2, -0.15) is 5.26 Å². The van der Waals surface area contributed by atoms with Crippen molar-refractivity contribution in [3.8, 4) is 90.4 Å². The van der Waals surface area contributed by atoms with Crippen LogP contribution in [0.4, 0.5) is 5.69 Å². The van der Waals surface area contributed by atoms with Gasteiger partial charge in [0.15, 0.2) is 23.2 Å². The van der Waals surface area contributed by atoms with Gasteiger partial charge in [-0.05, 0) is 102 Å². The molecule has 0 aliphatic heterocycles. The van der Waals surface area contributed by atoms with Gasteiger partial charge in [0.25, 0.3) is 0 Å². The molecule has 9 aromatic carbocycles. The predicted octanol–water partition coefficient (Wildman–Crippen LogP) is 15.7. The number of benzene rings is 9. The van der Waals surface area contributed by atoms with Crippen LogP contribution in [0.3, 0.4) is 0 Å². The van der Waals surface area contributed by atoms with Crippen molar-refractivity contribution in [1.29, 1.82) is 5.26 Å². The van der Waals surface area contributed by atoms with Crippen LogP contribution in [-0.2, 0) is 0 Å². The summed E-state index contributed by atoms with van der Waals surface area (Å²) in [6.45, 7) is 12.3. The van der Waals surface area contributed by atoms with Crippen molar-refractivity contribution >= 4 is 27.5 Å². The molecular weight excluding hydrogens is 817 g/mol. The molecule has 0 aliphatic carbocycles. The van der Waals surface area contributed by atoms with Crippen molar-refractivity contribution in [1.82, 2.24) is 19.5 Å². The number of nitriles is 1. The summed E-state index contributed by atoms with van der Waals surface area (Å²) >= 11 is 0. The van der Waals surface area contributed by atoms with Crippen LogP contribution < -0.4 is 0 Å². The molecule has 0 saturated heterocycles. The van der Waals surface area contributed by atoms with Gasteiger partial charge in [-0.1, -0.05) is 163 Å². The largest absolute Gasteiger partial charge is 0.308 e. The van der Waals surface area contributed by atoms with Crippen LogP contribution in [0.5, 0.6) is 0 Å². The molecule has 6 heteroatoms. The Bertz CT molecular complexity index is 3560. The summed E-state index contributed by atoms with van der Waals surface area (Å²) in [6, 6.07) is 72.9. The fourth-order valence-corrected chi connectivity index (χ4v) is 9.15. The van der Waals surface area contributed by atoms with Crippen LogP contribution in [-0.4, -0.2) is 19.5 Å². The fourth-order valence-electron chi connectivity index (χ4n) is 9.15. The van der Waals surface area contributed by atoms with Gasteiger partial charge in [-0.3, -0.25) is 0 Å². The van der Waals surface area contributed by atoms with Crippen molar-refractivity contribution in [2.45, 2.75) is 13.8 Å². The third-order valence-corrected chi connectivity index (χ3v) is 12.3. The first-order valence-corrected chi connectivity index (χ1v) is 22.2. The quantitative estimate of drug-likeness (QED) is 0.143. The molecule has 11 aromatic rings. The molecular formula is C61H40N6. The third kappa shape index (κ3) is 7.69. The van der Waals surface area contributed by atoms with E-state index in [1.807, 2.05) is 97.1 Å². The Kier molecular flexibility index (Phi) is 10.3. The van der Waals surface area contributed by atoms with E-state index in [2.05, 4.69) is 139 Å². The summed E-state index contributed by atoms with van der Waals surface area (Å²) < 4.78 is 2.36. The Morgan fingerprint density at radius 1 is 0.418 bits per heavy atom. The molecule has 6 nitrogen and oxygen atoms in total. The molecule has 314 valence electrons. The Balaban J connectivity index is 1.27. The summed E-state index contributed by atoms with van der Waals surface area (Å²) in [5, 5.41) is 12.5. The van der Waals surface area contributed by atoms with Gasteiger partial charge in [0.05, 0.1) is 34.9 Å². The molecule has 0 saturated carbocycles. The van der Waals surface area contributed by atoms with Crippen molar-refractivity contribution in [3.05, 3.63) is 234 Å². The van der Waals surface area contributed by atoms with Crippen LogP contribution in [0.15, 0.2) is 206 Å². The van der Waals surface area contributed by atoms with Gasteiger partial charge in [0.2, 0.25) is 0 Å². The molecule has 0 bridgehead atoms. The minimum atomic E-state index is 0.493. The summed E-state index contributed by atoms with van der Waals surface area (Å²) in [4.78, 5) is 19.3. The van der Waals surface area contributed by atoms with Gasteiger partial charge in [-0.25, -0.2) is 19.8 Å². The number of hydrogen-bond acceptors (Lipinski definition) is 4. The van der Waals surface area contributed by atoms with E-state index >= 15 is 0 Å². The smallest absolute Gasteiger partial charge is 0.187 e. The van der Waals surface area contributed by atoms with E-state index in [1.54, 1.807) is 0 Å². The van der Waals surface area contributed by atoms with E-state index in [4.69, 9.17) is 21.5 Å². The van der Waals surface area contributed by atoms with Crippen molar-refractivity contribution in [3.63, 3.8) is 0 Å². The summed E-state index contributed by atoms with van der Waals surface area (Å²) in [7, 11) is 0. The number of nitrogens with zero attached hydrogens (tertiary/aromatic N) is 6. The lowest BCUT2D eigenvalue weighted by atomic mass is 9.91. The predicted molar refractivity (Wildman–Crippen MR) is 273 cm³/mol. The van der Waals surface area contributed by atoms with Gasteiger partial charge < -0.3 is 4.57 Å².